The lowest BCUT2D eigenvalue weighted by molar-refractivity contribution is 0.0557. The first-order valence-electron chi connectivity index (χ1n) is 6.08. The van der Waals surface area contributed by atoms with Crippen LogP contribution in [0, 0.1) is 5.92 Å². The van der Waals surface area contributed by atoms with Gasteiger partial charge in [0.05, 0.1) is 6.10 Å². The molecule has 0 aliphatic heterocycles. The Morgan fingerprint density at radius 2 is 1.79 bits per heavy atom. The molecule has 0 aromatic rings. The molecule has 2 unspecified atom stereocenters. The predicted molar refractivity (Wildman–Crippen MR) is 60.3 cm³/mol. The van der Waals surface area contributed by atoms with Crippen molar-refractivity contribution in [1.29, 1.82) is 0 Å². The summed E-state index contributed by atoms with van der Waals surface area (Å²) in [7, 11) is 1.78. The zero-order valence-electron chi connectivity index (χ0n) is 9.67. The average molecular weight is 199 g/mol. The van der Waals surface area contributed by atoms with Crippen LogP contribution in [0.2, 0.25) is 0 Å². The maximum atomic E-state index is 6.26. The molecule has 0 aromatic heterocycles. The van der Waals surface area contributed by atoms with Gasteiger partial charge < -0.3 is 10.5 Å². The summed E-state index contributed by atoms with van der Waals surface area (Å²) in [6.07, 6.45) is 9.42. The third-order valence-corrected chi connectivity index (χ3v) is 3.58. The molecule has 2 heteroatoms. The normalized spacial score (nSPS) is 24.2. The number of ether oxygens (including phenoxy) is 1. The van der Waals surface area contributed by atoms with Gasteiger partial charge in [-0.2, -0.15) is 0 Å². The summed E-state index contributed by atoms with van der Waals surface area (Å²) in [6, 6.07) is 0.253. The Morgan fingerprint density at radius 1 is 1.21 bits per heavy atom. The van der Waals surface area contributed by atoms with E-state index in [1.165, 1.54) is 38.5 Å². The molecule has 1 aliphatic rings. The highest BCUT2D eigenvalue weighted by Gasteiger charge is 2.25. The molecule has 1 saturated carbocycles. The molecule has 0 amide bonds. The smallest absolute Gasteiger partial charge is 0.0722 e. The second-order valence-electron chi connectivity index (χ2n) is 4.51. The van der Waals surface area contributed by atoms with Crippen LogP contribution in [0.3, 0.4) is 0 Å². The van der Waals surface area contributed by atoms with Crippen LogP contribution in [-0.4, -0.2) is 19.3 Å². The van der Waals surface area contributed by atoms with Crippen molar-refractivity contribution < 1.29 is 4.74 Å². The van der Waals surface area contributed by atoms with Crippen molar-refractivity contribution in [2.24, 2.45) is 11.7 Å². The Balaban J connectivity index is 2.43. The van der Waals surface area contributed by atoms with Crippen molar-refractivity contribution in [3.05, 3.63) is 0 Å². The van der Waals surface area contributed by atoms with Gasteiger partial charge >= 0.3 is 0 Å². The fourth-order valence-corrected chi connectivity index (χ4v) is 2.60. The fraction of sp³-hybridized carbons (Fsp3) is 1.00. The van der Waals surface area contributed by atoms with Gasteiger partial charge in [0, 0.05) is 13.2 Å². The maximum absolute atomic E-state index is 6.26. The summed E-state index contributed by atoms with van der Waals surface area (Å²) in [6.45, 7) is 2.16. The highest BCUT2D eigenvalue weighted by Crippen LogP contribution is 2.27. The van der Waals surface area contributed by atoms with Gasteiger partial charge in [-0.05, 0) is 25.2 Å². The lowest BCUT2D eigenvalue weighted by Crippen LogP contribution is -2.42. The van der Waals surface area contributed by atoms with Crippen LogP contribution in [0.15, 0.2) is 0 Å². The van der Waals surface area contributed by atoms with Crippen molar-refractivity contribution in [2.75, 3.05) is 7.11 Å². The number of methoxy groups -OCH3 is 1. The minimum absolute atomic E-state index is 0.253. The van der Waals surface area contributed by atoms with Gasteiger partial charge in [-0.3, -0.25) is 0 Å². The average Bonchev–Trinajstić information content (AvgIpc) is 2.47. The lowest BCUT2D eigenvalue weighted by atomic mass is 9.88. The summed E-state index contributed by atoms with van der Waals surface area (Å²) >= 11 is 0. The van der Waals surface area contributed by atoms with Gasteiger partial charge in [-0.1, -0.05) is 32.6 Å². The predicted octanol–water partition coefficient (Wildman–Crippen LogP) is 2.71. The summed E-state index contributed by atoms with van der Waals surface area (Å²) in [4.78, 5) is 0. The van der Waals surface area contributed by atoms with Gasteiger partial charge in [0.2, 0.25) is 0 Å². The highest BCUT2D eigenvalue weighted by molar-refractivity contribution is 4.81. The van der Waals surface area contributed by atoms with E-state index in [-0.39, 0.29) is 12.1 Å². The van der Waals surface area contributed by atoms with Crippen LogP contribution in [0.25, 0.3) is 0 Å². The van der Waals surface area contributed by atoms with Crippen molar-refractivity contribution in [3.8, 4) is 0 Å². The van der Waals surface area contributed by atoms with Gasteiger partial charge in [0.25, 0.3) is 0 Å². The maximum Gasteiger partial charge on any atom is 0.0722 e. The number of hydrogen-bond donors (Lipinski definition) is 1. The first-order chi connectivity index (χ1) is 6.79. The van der Waals surface area contributed by atoms with E-state index in [0.29, 0.717) is 5.92 Å². The van der Waals surface area contributed by atoms with Gasteiger partial charge in [0.15, 0.2) is 0 Å². The minimum atomic E-state index is 0.253. The summed E-state index contributed by atoms with van der Waals surface area (Å²) in [5.74, 6) is 0.697. The Hall–Kier alpha value is -0.0800. The lowest BCUT2D eigenvalue weighted by Gasteiger charge is -2.28. The molecular weight excluding hydrogens is 174 g/mol. The number of rotatable bonds is 4. The molecule has 2 nitrogen and oxygen atoms in total. The van der Waals surface area contributed by atoms with Crippen LogP contribution >= 0.6 is 0 Å². The van der Waals surface area contributed by atoms with Crippen LogP contribution < -0.4 is 5.73 Å². The Bertz CT molecular complexity index is 137. The molecular formula is C12H25NO. The van der Waals surface area contributed by atoms with Crippen LogP contribution in [0.1, 0.15) is 51.9 Å². The quantitative estimate of drug-likeness (QED) is 0.707. The van der Waals surface area contributed by atoms with Crippen molar-refractivity contribution in [1.82, 2.24) is 0 Å². The van der Waals surface area contributed by atoms with Crippen LogP contribution in [0.5, 0.6) is 0 Å². The van der Waals surface area contributed by atoms with E-state index in [1.54, 1.807) is 7.11 Å². The molecule has 14 heavy (non-hydrogen) atoms. The molecule has 2 N–H and O–H groups in total. The van der Waals surface area contributed by atoms with E-state index in [9.17, 15) is 0 Å². The fourth-order valence-electron chi connectivity index (χ4n) is 2.60. The second-order valence-corrected chi connectivity index (χ2v) is 4.51. The molecule has 84 valence electrons. The highest BCUT2D eigenvalue weighted by atomic mass is 16.5. The molecule has 2 atom stereocenters. The molecule has 1 rings (SSSR count). The van der Waals surface area contributed by atoms with E-state index < -0.39 is 0 Å². The molecule has 0 heterocycles. The number of hydrogen-bond acceptors (Lipinski definition) is 2. The van der Waals surface area contributed by atoms with Crippen LogP contribution in [0.4, 0.5) is 0 Å². The zero-order chi connectivity index (χ0) is 10.4. The topological polar surface area (TPSA) is 35.2 Å². The first kappa shape index (κ1) is 12.0. The molecule has 0 bridgehead atoms. The van der Waals surface area contributed by atoms with Crippen molar-refractivity contribution >= 4 is 0 Å². The minimum Gasteiger partial charge on any atom is -0.380 e. The molecule has 0 spiro atoms. The van der Waals surface area contributed by atoms with Crippen molar-refractivity contribution in [3.63, 3.8) is 0 Å². The third-order valence-electron chi connectivity index (χ3n) is 3.58. The van der Waals surface area contributed by atoms with Gasteiger partial charge in [0.1, 0.15) is 0 Å². The standard InChI is InChI=1S/C12H25NO/c1-3-11(14-2)12(13)10-8-6-4-5-7-9-10/h10-12H,3-9,13H2,1-2H3. The summed E-state index contributed by atoms with van der Waals surface area (Å²) < 4.78 is 5.43. The second kappa shape index (κ2) is 6.41. The van der Waals surface area contributed by atoms with Gasteiger partial charge in [-0.25, -0.2) is 0 Å². The monoisotopic (exact) mass is 199 g/mol. The molecule has 0 radical (unpaired) electrons. The largest absolute Gasteiger partial charge is 0.380 e. The molecule has 1 aliphatic carbocycles. The van der Waals surface area contributed by atoms with Crippen LogP contribution in [-0.2, 0) is 4.74 Å². The summed E-state index contributed by atoms with van der Waals surface area (Å²) in [5, 5.41) is 0. The number of nitrogens with two attached hydrogens (primary N) is 1. The molecule has 1 fully saturated rings. The first-order valence-corrected chi connectivity index (χ1v) is 6.08. The van der Waals surface area contributed by atoms with E-state index in [1.807, 2.05) is 0 Å². The van der Waals surface area contributed by atoms with Crippen molar-refractivity contribution in [2.45, 2.75) is 64.0 Å². The SMILES string of the molecule is CCC(OC)C(N)C1CCCCCC1. The van der Waals surface area contributed by atoms with Gasteiger partial charge in [-0.15, -0.1) is 0 Å². The molecule has 0 aromatic carbocycles. The Labute approximate surface area is 88.2 Å². The van der Waals surface area contributed by atoms with E-state index in [0.717, 1.165) is 6.42 Å². The Morgan fingerprint density at radius 3 is 2.21 bits per heavy atom. The Kier molecular flexibility index (Phi) is 5.49. The zero-order valence-corrected chi connectivity index (χ0v) is 9.67. The van der Waals surface area contributed by atoms with E-state index in [4.69, 9.17) is 10.5 Å². The van der Waals surface area contributed by atoms with E-state index >= 15 is 0 Å². The third kappa shape index (κ3) is 3.25. The molecule has 0 saturated heterocycles. The van der Waals surface area contributed by atoms with E-state index in [2.05, 4.69) is 6.92 Å². The summed E-state index contributed by atoms with van der Waals surface area (Å²) in [5.41, 5.74) is 6.26.